The Kier molecular flexibility index (Phi) is 5.74. The summed E-state index contributed by atoms with van der Waals surface area (Å²) in [5, 5.41) is 0. The Morgan fingerprint density at radius 3 is 2.69 bits per heavy atom. The van der Waals surface area contributed by atoms with Crippen LogP contribution in [-0.2, 0) is 4.74 Å². The summed E-state index contributed by atoms with van der Waals surface area (Å²) in [6.45, 7) is 7.96. The van der Waals surface area contributed by atoms with Crippen molar-refractivity contribution < 1.29 is 4.74 Å². The molecule has 0 N–H and O–H groups in total. The molecule has 0 aromatic heterocycles. The molecule has 5 aliphatic rings. The van der Waals surface area contributed by atoms with Crippen molar-refractivity contribution in [3.63, 3.8) is 0 Å². The van der Waals surface area contributed by atoms with Gasteiger partial charge >= 0.3 is 0 Å². The Morgan fingerprint density at radius 1 is 1.00 bits per heavy atom. The molecule has 0 spiro atoms. The van der Waals surface area contributed by atoms with Gasteiger partial charge in [0.05, 0.1) is 6.10 Å². The first-order valence-electron chi connectivity index (χ1n) is 11.6. The van der Waals surface area contributed by atoms with Crippen molar-refractivity contribution in [2.75, 3.05) is 32.7 Å². The van der Waals surface area contributed by atoms with Crippen molar-refractivity contribution in [2.45, 2.75) is 57.3 Å². The summed E-state index contributed by atoms with van der Waals surface area (Å²) in [5.41, 5.74) is 1.30. The van der Waals surface area contributed by atoms with Crippen LogP contribution in [-0.4, -0.2) is 66.6 Å². The van der Waals surface area contributed by atoms with Crippen LogP contribution >= 0.6 is 0 Å². The van der Waals surface area contributed by atoms with Gasteiger partial charge in [-0.15, -0.1) is 0 Å². The molecule has 5 atom stereocenters. The summed E-state index contributed by atoms with van der Waals surface area (Å²) < 4.78 is 6.53. The Labute approximate surface area is 175 Å². The van der Waals surface area contributed by atoms with Crippen molar-refractivity contribution in [2.24, 2.45) is 16.8 Å². The molecule has 4 nitrogen and oxygen atoms in total. The van der Waals surface area contributed by atoms with E-state index in [1.165, 1.54) is 37.2 Å². The van der Waals surface area contributed by atoms with Crippen LogP contribution in [0.4, 0.5) is 0 Å². The maximum absolute atomic E-state index is 6.53. The first-order valence-corrected chi connectivity index (χ1v) is 11.6. The van der Waals surface area contributed by atoms with Crippen molar-refractivity contribution in [3.05, 3.63) is 48.1 Å². The second-order valence-corrected chi connectivity index (χ2v) is 9.36. The van der Waals surface area contributed by atoms with E-state index < -0.39 is 0 Å². The summed E-state index contributed by atoms with van der Waals surface area (Å²) in [5.74, 6) is 2.57. The van der Waals surface area contributed by atoms with Crippen LogP contribution < -0.4 is 0 Å². The Morgan fingerprint density at radius 2 is 1.86 bits per heavy atom. The minimum atomic E-state index is 0.0760. The van der Waals surface area contributed by atoms with Crippen LogP contribution in [0.2, 0.25) is 0 Å². The number of hydrogen-bond donors (Lipinski definition) is 0. The van der Waals surface area contributed by atoms with Crippen LogP contribution in [0, 0.1) is 11.8 Å². The Bertz CT molecular complexity index is 741. The van der Waals surface area contributed by atoms with Gasteiger partial charge in [-0.1, -0.05) is 48.1 Å². The van der Waals surface area contributed by atoms with Gasteiger partial charge in [0.1, 0.15) is 18.0 Å². The van der Waals surface area contributed by atoms with Crippen LogP contribution in [0.15, 0.2) is 53.1 Å². The normalized spacial score (nSPS) is 37.4. The molecule has 5 rings (SSSR count). The summed E-state index contributed by atoms with van der Waals surface area (Å²) in [6.07, 6.45) is 22.4. The van der Waals surface area contributed by atoms with Gasteiger partial charge in [-0.05, 0) is 44.9 Å². The molecule has 1 saturated heterocycles. The Hall–Kier alpha value is -1.65. The molecule has 1 fully saturated rings. The summed E-state index contributed by atoms with van der Waals surface area (Å²) >= 11 is 0. The van der Waals surface area contributed by atoms with E-state index in [0.29, 0.717) is 5.92 Å². The van der Waals surface area contributed by atoms with Crippen molar-refractivity contribution in [1.82, 2.24) is 9.80 Å². The molecule has 0 radical (unpaired) electrons. The van der Waals surface area contributed by atoms with Gasteiger partial charge in [-0.2, -0.15) is 0 Å². The van der Waals surface area contributed by atoms with Gasteiger partial charge in [0.25, 0.3) is 0 Å². The number of aliphatic imine (C=N–C) groups is 1. The lowest BCUT2D eigenvalue weighted by atomic mass is 9.89. The average molecular weight is 394 g/mol. The number of rotatable bonds is 2. The minimum Gasteiger partial charge on any atom is -0.364 e. The third kappa shape index (κ3) is 4.29. The molecule has 4 heteroatoms. The topological polar surface area (TPSA) is 28.1 Å². The standard InChI is InChI=1S/C25H35N3O/c1-19-11-12-24-22(17-19)26-25(21-9-5-6-10-23(21)29-24)28-15-13-27(14-16-28)18-20-7-3-2-4-8-20/h2-3,6,10-12,17,20-24H,4-5,7-9,13-16,18H2,1H3. The molecule has 0 saturated carbocycles. The van der Waals surface area contributed by atoms with E-state index in [-0.39, 0.29) is 18.2 Å². The van der Waals surface area contributed by atoms with E-state index in [2.05, 4.69) is 59.3 Å². The SMILES string of the molecule is CC1=CC2N=C(N3CCN(CC4CC=CCC4)CC3)C3CCC=CC3OC2C=C1. The lowest BCUT2D eigenvalue weighted by molar-refractivity contribution is 0.0166. The Balaban J connectivity index is 1.30. The highest BCUT2D eigenvalue weighted by atomic mass is 16.5. The quantitative estimate of drug-likeness (QED) is 0.665. The zero-order valence-corrected chi connectivity index (χ0v) is 17.7. The van der Waals surface area contributed by atoms with Gasteiger partial charge in [-0.3, -0.25) is 9.89 Å². The first kappa shape index (κ1) is 19.3. The molecule has 0 amide bonds. The van der Waals surface area contributed by atoms with Crippen LogP contribution in [0.3, 0.4) is 0 Å². The number of hydrogen-bond acceptors (Lipinski definition) is 4. The smallest absolute Gasteiger partial charge is 0.106 e. The largest absolute Gasteiger partial charge is 0.364 e. The molecule has 5 unspecified atom stereocenters. The molecule has 3 aliphatic carbocycles. The number of fused-ring (bicyclic) bond motifs is 2. The maximum atomic E-state index is 6.53. The van der Waals surface area contributed by atoms with Gasteiger partial charge in [-0.25, -0.2) is 0 Å². The zero-order valence-electron chi connectivity index (χ0n) is 17.7. The van der Waals surface area contributed by atoms with E-state index in [1.54, 1.807) is 0 Å². The highest BCUT2D eigenvalue weighted by Crippen LogP contribution is 2.32. The lowest BCUT2D eigenvalue weighted by Crippen LogP contribution is -2.52. The maximum Gasteiger partial charge on any atom is 0.106 e. The highest BCUT2D eigenvalue weighted by Gasteiger charge is 2.38. The molecule has 29 heavy (non-hydrogen) atoms. The zero-order chi connectivity index (χ0) is 19.6. The van der Waals surface area contributed by atoms with Gasteiger partial charge in [0.15, 0.2) is 0 Å². The predicted octanol–water partition coefficient (Wildman–Crippen LogP) is 3.98. The summed E-state index contributed by atoms with van der Waals surface area (Å²) in [6, 6.07) is 0.126. The highest BCUT2D eigenvalue weighted by molar-refractivity contribution is 5.86. The number of piperazine rings is 1. The third-order valence-electron chi connectivity index (χ3n) is 7.20. The molecule has 0 aromatic carbocycles. The van der Waals surface area contributed by atoms with E-state index in [1.807, 2.05) is 0 Å². The molecule has 2 heterocycles. The van der Waals surface area contributed by atoms with Crippen LogP contribution in [0.5, 0.6) is 0 Å². The minimum absolute atomic E-state index is 0.0760. The van der Waals surface area contributed by atoms with E-state index in [9.17, 15) is 0 Å². The van der Waals surface area contributed by atoms with Gasteiger partial charge in [0.2, 0.25) is 0 Å². The molecule has 0 aromatic rings. The fourth-order valence-electron chi connectivity index (χ4n) is 5.53. The number of ether oxygens (including phenoxy) is 1. The van der Waals surface area contributed by atoms with E-state index in [4.69, 9.17) is 9.73 Å². The number of amidine groups is 1. The fourth-order valence-corrected chi connectivity index (χ4v) is 5.53. The molecular weight excluding hydrogens is 358 g/mol. The van der Waals surface area contributed by atoms with E-state index >= 15 is 0 Å². The molecule has 2 aliphatic heterocycles. The second kappa shape index (κ2) is 8.61. The van der Waals surface area contributed by atoms with Crippen molar-refractivity contribution in [3.8, 4) is 0 Å². The third-order valence-corrected chi connectivity index (χ3v) is 7.20. The number of nitrogens with zero attached hydrogens (tertiary/aromatic N) is 3. The first-order chi connectivity index (χ1) is 14.3. The molecular formula is C25H35N3O. The van der Waals surface area contributed by atoms with Crippen molar-refractivity contribution >= 4 is 5.84 Å². The van der Waals surface area contributed by atoms with E-state index in [0.717, 1.165) is 44.9 Å². The predicted molar refractivity (Wildman–Crippen MR) is 119 cm³/mol. The van der Waals surface area contributed by atoms with Gasteiger partial charge in [0, 0.05) is 38.6 Å². The average Bonchev–Trinajstić information content (AvgIpc) is 2.92. The summed E-state index contributed by atoms with van der Waals surface area (Å²) in [4.78, 5) is 10.6. The lowest BCUT2D eigenvalue weighted by Gasteiger charge is -2.41. The van der Waals surface area contributed by atoms with Gasteiger partial charge < -0.3 is 9.64 Å². The second-order valence-electron chi connectivity index (χ2n) is 9.36. The van der Waals surface area contributed by atoms with Crippen molar-refractivity contribution in [1.29, 1.82) is 0 Å². The molecule has 0 bridgehead atoms. The molecule has 156 valence electrons. The fraction of sp³-hybridized carbons (Fsp3) is 0.640. The summed E-state index contributed by atoms with van der Waals surface area (Å²) in [7, 11) is 0. The number of allylic oxidation sites excluding steroid dienone is 5. The van der Waals surface area contributed by atoms with Crippen LogP contribution in [0.1, 0.15) is 39.0 Å². The van der Waals surface area contributed by atoms with Crippen LogP contribution in [0.25, 0.3) is 0 Å². The monoisotopic (exact) mass is 393 g/mol.